The summed E-state index contributed by atoms with van der Waals surface area (Å²) in [6.45, 7) is 5.68. The Balaban J connectivity index is 0. The quantitative estimate of drug-likeness (QED) is 0.205. The minimum atomic E-state index is -2.67. The van der Waals surface area contributed by atoms with Crippen LogP contribution in [0.3, 0.4) is 0 Å². The van der Waals surface area contributed by atoms with Gasteiger partial charge in [0, 0.05) is 17.4 Å². The number of carbonyl (C=O) groups excluding carboxylic acids is 1. The Morgan fingerprint density at radius 2 is 1.85 bits per heavy atom. The van der Waals surface area contributed by atoms with Gasteiger partial charge in [0.1, 0.15) is 0 Å². The first-order valence-electron chi connectivity index (χ1n) is 6.29. The molecule has 0 bridgehead atoms. The van der Waals surface area contributed by atoms with Gasteiger partial charge < -0.3 is 14.3 Å². The molecule has 3 N–H and O–H groups in total. The van der Waals surface area contributed by atoms with E-state index in [4.69, 9.17) is 20.3 Å². The van der Waals surface area contributed by atoms with E-state index in [2.05, 4.69) is 23.2 Å². The summed E-state index contributed by atoms with van der Waals surface area (Å²) >= 11 is 0. The molecule has 0 saturated heterocycles. The summed E-state index contributed by atoms with van der Waals surface area (Å²) < 4.78 is 24.0. The van der Waals surface area contributed by atoms with Crippen LogP contribution in [0.15, 0.2) is 0 Å². The number of carbonyl (C=O) groups is 1. The fourth-order valence-electron chi connectivity index (χ4n) is 0.813. The third-order valence-corrected chi connectivity index (χ3v) is 2.28. The molecule has 0 fully saturated rings. The Hall–Kier alpha value is -0.630. The number of nitrogens with two attached hydrogens (primary N) is 1. The topological polar surface area (TPSA) is 117 Å². The van der Waals surface area contributed by atoms with Crippen molar-refractivity contribution in [1.29, 1.82) is 0 Å². The molecular formula is C11H25NO7P+. The van der Waals surface area contributed by atoms with Gasteiger partial charge in [-0.15, -0.1) is 4.89 Å². The van der Waals surface area contributed by atoms with Crippen molar-refractivity contribution in [1.82, 2.24) is 0 Å². The van der Waals surface area contributed by atoms with Gasteiger partial charge in [-0.2, -0.15) is 0 Å². The first-order valence-corrected chi connectivity index (χ1v) is 7.42. The summed E-state index contributed by atoms with van der Waals surface area (Å²) in [7, 11) is -2.67. The molecule has 20 heavy (non-hydrogen) atoms. The smallest absolute Gasteiger partial charge is 0.465 e. The third-order valence-electron chi connectivity index (χ3n) is 1.95. The Morgan fingerprint density at radius 1 is 1.25 bits per heavy atom. The molecule has 2 atom stereocenters. The Bertz CT molecular complexity index is 251. The zero-order valence-corrected chi connectivity index (χ0v) is 13.1. The van der Waals surface area contributed by atoms with Gasteiger partial charge in [0.2, 0.25) is 6.79 Å². The van der Waals surface area contributed by atoms with Crippen molar-refractivity contribution in [2.24, 2.45) is 11.8 Å². The molecule has 0 spiro atoms. The number of rotatable bonds is 10. The highest BCUT2D eigenvalue weighted by atomic mass is 31.1. The molecule has 0 rings (SSSR count). The van der Waals surface area contributed by atoms with Gasteiger partial charge in [-0.25, -0.2) is 5.90 Å². The Kier molecular flexibility index (Phi) is 17.8. The maximum absolute atomic E-state index is 10.5. The van der Waals surface area contributed by atoms with Crippen LogP contribution in [-0.4, -0.2) is 37.5 Å². The van der Waals surface area contributed by atoms with Crippen LogP contribution in [0.5, 0.6) is 0 Å². The van der Waals surface area contributed by atoms with Gasteiger partial charge in [-0.1, -0.05) is 31.2 Å². The molecule has 0 amide bonds. The molecule has 0 aliphatic heterocycles. The van der Waals surface area contributed by atoms with Crippen LogP contribution >= 0.6 is 8.25 Å². The standard InChI is InChI=1S/C7H14NO7P.C4H10/c1-6(9)13-3-7(4-14-8)2-12-5-15-16(10)11;1-3-4-2/h7H,2-5,8H2,1H3;3-4H2,1-2H3/p+1. The van der Waals surface area contributed by atoms with Gasteiger partial charge in [0.25, 0.3) is 0 Å². The first kappa shape index (κ1) is 21.7. The van der Waals surface area contributed by atoms with Crippen LogP contribution in [0.2, 0.25) is 0 Å². The van der Waals surface area contributed by atoms with E-state index in [9.17, 15) is 9.36 Å². The van der Waals surface area contributed by atoms with Gasteiger partial charge in [-0.3, -0.25) is 4.79 Å². The average Bonchev–Trinajstić information content (AvgIpc) is 2.40. The maximum atomic E-state index is 10.5. The predicted octanol–water partition coefficient (Wildman–Crippen LogP) is 1.50. The van der Waals surface area contributed by atoms with Crippen LogP contribution in [0, 0.1) is 5.92 Å². The lowest BCUT2D eigenvalue weighted by molar-refractivity contribution is -0.144. The summed E-state index contributed by atoms with van der Waals surface area (Å²) in [5.74, 6) is 4.20. The molecule has 0 aromatic rings. The van der Waals surface area contributed by atoms with Gasteiger partial charge in [0.15, 0.2) is 0 Å². The van der Waals surface area contributed by atoms with E-state index >= 15 is 0 Å². The lowest BCUT2D eigenvalue weighted by atomic mass is 10.2. The second kappa shape index (κ2) is 16.4. The molecule has 0 saturated carbocycles. The van der Waals surface area contributed by atoms with E-state index in [1.165, 1.54) is 19.8 Å². The lowest BCUT2D eigenvalue weighted by Gasteiger charge is -2.14. The molecule has 0 aliphatic rings. The SMILES string of the molecule is CC(=O)OCC(CON)COCO[P+](=O)O.CCCC. The molecule has 0 aromatic carbocycles. The van der Waals surface area contributed by atoms with Crippen molar-refractivity contribution in [3.63, 3.8) is 0 Å². The highest BCUT2D eigenvalue weighted by Gasteiger charge is 2.14. The van der Waals surface area contributed by atoms with Gasteiger partial charge >= 0.3 is 14.2 Å². The Morgan fingerprint density at radius 3 is 2.25 bits per heavy atom. The van der Waals surface area contributed by atoms with Crippen LogP contribution < -0.4 is 5.90 Å². The largest absolute Gasteiger partial charge is 0.697 e. The first-order chi connectivity index (χ1) is 9.47. The fraction of sp³-hybridized carbons (Fsp3) is 0.909. The molecule has 0 aromatic heterocycles. The van der Waals surface area contributed by atoms with Crippen LogP contribution in [0.1, 0.15) is 33.6 Å². The average molecular weight is 314 g/mol. The molecule has 9 heteroatoms. The normalized spacial score (nSPS) is 12.2. The zero-order valence-electron chi connectivity index (χ0n) is 12.2. The molecular weight excluding hydrogens is 289 g/mol. The Labute approximate surface area is 120 Å². The summed E-state index contributed by atoms with van der Waals surface area (Å²) in [5.41, 5.74) is 0. The van der Waals surface area contributed by atoms with E-state index in [0.717, 1.165) is 0 Å². The van der Waals surface area contributed by atoms with Crippen LogP contribution in [0.4, 0.5) is 0 Å². The highest BCUT2D eigenvalue weighted by Crippen LogP contribution is 2.13. The summed E-state index contributed by atoms with van der Waals surface area (Å²) in [6, 6.07) is 0. The van der Waals surface area contributed by atoms with Crippen LogP contribution in [-0.2, 0) is 28.2 Å². The fourth-order valence-corrected chi connectivity index (χ4v) is 0.977. The third kappa shape index (κ3) is 19.7. The highest BCUT2D eigenvalue weighted by molar-refractivity contribution is 7.32. The second-order valence-corrected chi connectivity index (χ2v) is 4.59. The second-order valence-electron chi connectivity index (χ2n) is 3.86. The number of ether oxygens (including phenoxy) is 2. The number of hydrogen-bond donors (Lipinski definition) is 2. The van der Waals surface area contributed by atoms with E-state index in [-0.39, 0.29) is 32.5 Å². The van der Waals surface area contributed by atoms with Crippen molar-refractivity contribution >= 4 is 14.2 Å². The monoisotopic (exact) mass is 314 g/mol. The molecule has 0 radical (unpaired) electrons. The molecule has 2 unspecified atom stereocenters. The lowest BCUT2D eigenvalue weighted by Crippen LogP contribution is -2.24. The zero-order chi connectivity index (χ0) is 15.8. The summed E-state index contributed by atoms with van der Waals surface area (Å²) in [5, 5.41) is 0. The minimum Gasteiger partial charge on any atom is -0.465 e. The number of hydrogen-bond acceptors (Lipinski definition) is 7. The number of esters is 1. The van der Waals surface area contributed by atoms with E-state index < -0.39 is 14.2 Å². The predicted molar refractivity (Wildman–Crippen MR) is 72.6 cm³/mol. The van der Waals surface area contributed by atoms with Crippen molar-refractivity contribution in [2.45, 2.75) is 33.6 Å². The van der Waals surface area contributed by atoms with Crippen molar-refractivity contribution in [2.75, 3.05) is 26.6 Å². The molecule has 0 aliphatic carbocycles. The van der Waals surface area contributed by atoms with Gasteiger partial charge in [-0.05, 0) is 0 Å². The molecule has 120 valence electrons. The minimum absolute atomic E-state index is 0.0950. The summed E-state index contributed by atoms with van der Waals surface area (Å²) in [4.78, 5) is 23.2. The molecule has 8 nitrogen and oxygen atoms in total. The van der Waals surface area contributed by atoms with Crippen LogP contribution in [0.25, 0.3) is 0 Å². The van der Waals surface area contributed by atoms with Crippen molar-refractivity contribution < 1.29 is 33.1 Å². The van der Waals surface area contributed by atoms with Gasteiger partial charge in [0.05, 0.1) is 19.8 Å². The van der Waals surface area contributed by atoms with Crippen molar-refractivity contribution in [3.05, 3.63) is 0 Å². The van der Waals surface area contributed by atoms with Crippen molar-refractivity contribution in [3.8, 4) is 0 Å². The van der Waals surface area contributed by atoms with E-state index in [0.29, 0.717) is 0 Å². The summed E-state index contributed by atoms with van der Waals surface area (Å²) in [6.07, 6.45) is 2.64. The van der Waals surface area contributed by atoms with E-state index in [1.807, 2.05) is 0 Å². The van der Waals surface area contributed by atoms with E-state index in [1.54, 1.807) is 0 Å². The maximum Gasteiger partial charge on any atom is 0.697 e. The molecule has 0 heterocycles. The number of unbranched alkanes of at least 4 members (excludes halogenated alkanes) is 1.